The molecule has 2 aromatic carbocycles. The number of halogens is 1. The zero-order valence-electron chi connectivity index (χ0n) is 7.55. The van der Waals surface area contributed by atoms with E-state index in [1.807, 2.05) is 0 Å². The van der Waals surface area contributed by atoms with Gasteiger partial charge in [0.15, 0.2) is 0 Å². The molecular weight excluding hydrogens is 271 g/mol. The summed E-state index contributed by atoms with van der Waals surface area (Å²) < 4.78 is 1.08. The van der Waals surface area contributed by atoms with E-state index in [-0.39, 0.29) is 0 Å². The first-order valence-corrected chi connectivity index (χ1v) is 5.88. The smallest absolute Gasteiger partial charge is 0.0253 e. The van der Waals surface area contributed by atoms with Crippen molar-refractivity contribution in [2.24, 2.45) is 0 Å². The first-order valence-electron chi connectivity index (χ1n) is 4.36. The van der Waals surface area contributed by atoms with E-state index in [0.29, 0.717) is 0 Å². The van der Waals surface area contributed by atoms with E-state index in [1.54, 1.807) is 0 Å². The number of fused-ring (bicyclic) bond motifs is 1. The Balaban J connectivity index is 2.84. The van der Waals surface area contributed by atoms with Gasteiger partial charge in [0.25, 0.3) is 0 Å². The van der Waals surface area contributed by atoms with E-state index >= 15 is 0 Å². The Kier molecular flexibility index (Phi) is 2.54. The number of aryl methyl sites for hydroxylation is 1. The van der Waals surface area contributed by atoms with E-state index in [2.05, 4.69) is 65.9 Å². The van der Waals surface area contributed by atoms with Crippen LogP contribution < -0.4 is 0 Å². The van der Waals surface area contributed by atoms with Crippen molar-refractivity contribution in [1.82, 2.24) is 0 Å². The van der Waals surface area contributed by atoms with Crippen LogP contribution in [0.5, 0.6) is 0 Å². The lowest BCUT2D eigenvalue weighted by molar-refractivity contribution is 1.47. The van der Waals surface area contributed by atoms with Crippen LogP contribution in [0.15, 0.2) is 36.4 Å². The average Bonchev–Trinajstić information content (AvgIpc) is 2.18. The highest BCUT2D eigenvalue weighted by Gasteiger charge is 1.99. The van der Waals surface area contributed by atoms with Gasteiger partial charge in [-0.25, -0.2) is 0 Å². The molecule has 0 nitrogen and oxygen atoms in total. The highest BCUT2D eigenvalue weighted by Crippen LogP contribution is 2.23. The van der Waals surface area contributed by atoms with Crippen molar-refractivity contribution in [3.63, 3.8) is 0 Å². The average molecular weight is 282 g/mol. The third-order valence-corrected chi connectivity index (χ3v) is 3.20. The Hall–Kier alpha value is -0.570. The van der Waals surface area contributed by atoms with Crippen LogP contribution in [-0.2, 0) is 4.43 Å². The largest absolute Gasteiger partial charge is 0.0812 e. The summed E-state index contributed by atoms with van der Waals surface area (Å²) in [6.07, 6.45) is 0. The van der Waals surface area contributed by atoms with Gasteiger partial charge >= 0.3 is 0 Å². The van der Waals surface area contributed by atoms with Crippen LogP contribution in [0, 0.1) is 6.92 Å². The van der Waals surface area contributed by atoms with Crippen molar-refractivity contribution >= 4 is 33.4 Å². The fourth-order valence-corrected chi connectivity index (χ4v) is 2.31. The molecule has 0 amide bonds. The summed E-state index contributed by atoms with van der Waals surface area (Å²) in [6, 6.07) is 13.0. The summed E-state index contributed by atoms with van der Waals surface area (Å²) in [5, 5.41) is 2.79. The van der Waals surface area contributed by atoms with Gasteiger partial charge in [-0.1, -0.05) is 59.0 Å². The molecule has 0 saturated heterocycles. The Morgan fingerprint density at radius 3 is 2.46 bits per heavy atom. The minimum Gasteiger partial charge on any atom is -0.0812 e. The monoisotopic (exact) mass is 282 g/mol. The fraction of sp³-hybridized carbons (Fsp3) is 0.167. The molecule has 0 radical (unpaired) electrons. The number of hydrogen-bond donors (Lipinski definition) is 0. The molecule has 0 saturated carbocycles. The lowest BCUT2D eigenvalue weighted by Crippen LogP contribution is -1.83. The minimum absolute atomic E-state index is 1.08. The summed E-state index contributed by atoms with van der Waals surface area (Å²) in [4.78, 5) is 0. The van der Waals surface area contributed by atoms with Crippen molar-refractivity contribution in [3.8, 4) is 0 Å². The molecule has 0 unspecified atom stereocenters. The van der Waals surface area contributed by atoms with Crippen LogP contribution in [0.25, 0.3) is 10.8 Å². The fourth-order valence-electron chi connectivity index (χ4n) is 1.65. The van der Waals surface area contributed by atoms with E-state index in [0.717, 1.165) is 4.43 Å². The van der Waals surface area contributed by atoms with Crippen LogP contribution in [0.1, 0.15) is 11.1 Å². The van der Waals surface area contributed by atoms with Gasteiger partial charge < -0.3 is 0 Å². The number of rotatable bonds is 1. The second kappa shape index (κ2) is 3.66. The van der Waals surface area contributed by atoms with Gasteiger partial charge in [0.05, 0.1) is 0 Å². The van der Waals surface area contributed by atoms with Crippen molar-refractivity contribution in [1.29, 1.82) is 0 Å². The van der Waals surface area contributed by atoms with Crippen LogP contribution in [0.3, 0.4) is 0 Å². The standard InChI is InChI=1S/C12H11I/c1-9-4-2-7-12-10(8-13)5-3-6-11(9)12/h2-7H,8H2,1H3. The van der Waals surface area contributed by atoms with Gasteiger partial charge in [0, 0.05) is 4.43 Å². The molecule has 2 rings (SSSR count). The van der Waals surface area contributed by atoms with Gasteiger partial charge in [0.2, 0.25) is 0 Å². The molecule has 2 aromatic rings. The van der Waals surface area contributed by atoms with Gasteiger partial charge in [-0.2, -0.15) is 0 Å². The van der Waals surface area contributed by atoms with Crippen molar-refractivity contribution in [2.45, 2.75) is 11.4 Å². The molecule has 0 aliphatic carbocycles. The molecule has 13 heavy (non-hydrogen) atoms. The molecule has 0 fully saturated rings. The zero-order valence-corrected chi connectivity index (χ0v) is 9.71. The summed E-state index contributed by atoms with van der Waals surface area (Å²) in [5.74, 6) is 0. The Bertz CT molecular complexity index is 432. The van der Waals surface area contributed by atoms with E-state index in [1.165, 1.54) is 21.9 Å². The van der Waals surface area contributed by atoms with Crippen molar-refractivity contribution in [2.75, 3.05) is 0 Å². The SMILES string of the molecule is Cc1cccc2c(CI)cccc12. The third kappa shape index (κ3) is 1.57. The lowest BCUT2D eigenvalue weighted by atomic mass is 10.0. The van der Waals surface area contributed by atoms with Crippen LogP contribution in [0.2, 0.25) is 0 Å². The molecular formula is C12H11I. The minimum atomic E-state index is 1.08. The molecule has 0 aromatic heterocycles. The lowest BCUT2D eigenvalue weighted by Gasteiger charge is -2.05. The summed E-state index contributed by atoms with van der Waals surface area (Å²) in [6.45, 7) is 2.17. The molecule has 0 atom stereocenters. The molecule has 0 aliphatic rings. The quantitative estimate of drug-likeness (QED) is 0.546. The first-order chi connectivity index (χ1) is 6.33. The molecule has 0 bridgehead atoms. The number of hydrogen-bond acceptors (Lipinski definition) is 0. The molecule has 66 valence electrons. The predicted molar refractivity (Wildman–Crippen MR) is 66.4 cm³/mol. The summed E-state index contributed by atoms with van der Waals surface area (Å²) >= 11 is 2.41. The third-order valence-electron chi connectivity index (χ3n) is 2.37. The van der Waals surface area contributed by atoms with E-state index in [4.69, 9.17) is 0 Å². The molecule has 0 aliphatic heterocycles. The predicted octanol–water partition coefficient (Wildman–Crippen LogP) is 4.08. The maximum absolute atomic E-state index is 2.41. The van der Waals surface area contributed by atoms with Crippen LogP contribution in [-0.4, -0.2) is 0 Å². The van der Waals surface area contributed by atoms with Gasteiger partial charge in [-0.3, -0.25) is 0 Å². The van der Waals surface area contributed by atoms with Crippen LogP contribution in [0.4, 0.5) is 0 Å². The molecule has 0 heterocycles. The van der Waals surface area contributed by atoms with E-state index in [9.17, 15) is 0 Å². The summed E-state index contributed by atoms with van der Waals surface area (Å²) in [7, 11) is 0. The maximum atomic E-state index is 2.41. The maximum Gasteiger partial charge on any atom is 0.0253 e. The Morgan fingerprint density at radius 1 is 1.00 bits per heavy atom. The van der Waals surface area contributed by atoms with Gasteiger partial charge in [-0.05, 0) is 28.8 Å². The second-order valence-corrected chi connectivity index (χ2v) is 3.98. The first kappa shape index (κ1) is 9.00. The van der Waals surface area contributed by atoms with E-state index < -0.39 is 0 Å². The van der Waals surface area contributed by atoms with Gasteiger partial charge in [0.1, 0.15) is 0 Å². The van der Waals surface area contributed by atoms with Crippen LogP contribution >= 0.6 is 22.6 Å². The number of alkyl halides is 1. The van der Waals surface area contributed by atoms with Crippen molar-refractivity contribution < 1.29 is 0 Å². The molecule has 0 spiro atoms. The van der Waals surface area contributed by atoms with Gasteiger partial charge in [-0.15, -0.1) is 0 Å². The molecule has 0 N–H and O–H groups in total. The second-order valence-electron chi connectivity index (χ2n) is 3.22. The highest BCUT2D eigenvalue weighted by atomic mass is 127. The molecule has 1 heteroatoms. The Labute approximate surface area is 92.1 Å². The Morgan fingerprint density at radius 2 is 1.69 bits per heavy atom. The number of benzene rings is 2. The zero-order chi connectivity index (χ0) is 9.26. The topological polar surface area (TPSA) is 0 Å². The highest BCUT2D eigenvalue weighted by molar-refractivity contribution is 14.1. The van der Waals surface area contributed by atoms with Crippen molar-refractivity contribution in [3.05, 3.63) is 47.5 Å². The normalized spacial score (nSPS) is 10.6. The summed E-state index contributed by atoms with van der Waals surface area (Å²) in [5.41, 5.74) is 2.80.